The van der Waals surface area contributed by atoms with Crippen LogP contribution in [0.1, 0.15) is 35.2 Å². The van der Waals surface area contributed by atoms with Gasteiger partial charge in [-0.05, 0) is 60.4 Å². The number of halogens is 1. The van der Waals surface area contributed by atoms with E-state index in [1.54, 1.807) is 4.90 Å². The van der Waals surface area contributed by atoms with Gasteiger partial charge in [0.05, 0.1) is 12.7 Å². The average Bonchev–Trinajstić information content (AvgIpc) is 2.48. The van der Waals surface area contributed by atoms with Crippen molar-refractivity contribution in [2.75, 3.05) is 13.7 Å². The molecule has 1 aromatic rings. The highest BCUT2D eigenvalue weighted by atomic mass is 127. The Morgan fingerprint density at radius 1 is 1.35 bits per heavy atom. The molecule has 0 aliphatic carbocycles. The fraction of sp³-hybridized carbons (Fsp3) is 0.467. The van der Waals surface area contributed by atoms with E-state index in [1.165, 1.54) is 7.11 Å². The first kappa shape index (κ1) is 15.3. The molecule has 1 aliphatic heterocycles. The van der Waals surface area contributed by atoms with E-state index in [9.17, 15) is 9.59 Å². The average molecular weight is 387 g/mol. The van der Waals surface area contributed by atoms with Crippen molar-refractivity contribution in [3.63, 3.8) is 0 Å². The second-order valence-corrected chi connectivity index (χ2v) is 6.05. The normalized spacial score (nSPS) is 18.8. The zero-order valence-electron chi connectivity index (χ0n) is 11.7. The molecule has 0 radical (unpaired) electrons. The van der Waals surface area contributed by atoms with Crippen LogP contribution in [0.4, 0.5) is 0 Å². The standard InChI is InChI=1S/C15H18INO3/c1-10-6-5-7-11(13(10)16)14(18)17-9-4-3-8-12(17)15(19)20-2/h5-7,12H,3-4,8-9H2,1-2H3/t12-/m1/s1. The summed E-state index contributed by atoms with van der Waals surface area (Å²) in [6, 6.07) is 5.23. The summed E-state index contributed by atoms with van der Waals surface area (Å²) in [7, 11) is 1.37. The van der Waals surface area contributed by atoms with E-state index in [-0.39, 0.29) is 11.9 Å². The Balaban J connectivity index is 2.30. The first-order valence-corrected chi connectivity index (χ1v) is 7.78. The SMILES string of the molecule is COC(=O)[C@H]1CCCCN1C(=O)c1cccc(C)c1I. The highest BCUT2D eigenvalue weighted by Crippen LogP contribution is 2.24. The van der Waals surface area contributed by atoms with Crippen LogP contribution in [0.5, 0.6) is 0 Å². The molecule has 1 fully saturated rings. The highest BCUT2D eigenvalue weighted by molar-refractivity contribution is 14.1. The topological polar surface area (TPSA) is 46.6 Å². The Bertz CT molecular complexity index is 530. The van der Waals surface area contributed by atoms with E-state index in [2.05, 4.69) is 22.6 Å². The minimum atomic E-state index is -0.447. The Hall–Kier alpha value is -1.11. The number of hydrogen-bond donors (Lipinski definition) is 0. The summed E-state index contributed by atoms with van der Waals surface area (Å²) in [6.07, 6.45) is 2.57. The third-order valence-corrected chi connectivity index (χ3v) is 5.09. The van der Waals surface area contributed by atoms with Gasteiger partial charge < -0.3 is 9.64 Å². The number of rotatable bonds is 2. The number of likely N-dealkylation sites (tertiary alicyclic amines) is 1. The molecule has 0 saturated carbocycles. The number of amides is 1. The van der Waals surface area contributed by atoms with Crippen LogP contribution in [0.25, 0.3) is 0 Å². The third-order valence-electron chi connectivity index (χ3n) is 3.66. The first-order valence-electron chi connectivity index (χ1n) is 6.70. The van der Waals surface area contributed by atoms with E-state index in [1.807, 2.05) is 25.1 Å². The van der Waals surface area contributed by atoms with Crippen molar-refractivity contribution in [2.24, 2.45) is 0 Å². The van der Waals surface area contributed by atoms with Gasteiger partial charge in [-0.1, -0.05) is 12.1 Å². The fourth-order valence-electron chi connectivity index (χ4n) is 2.52. The molecule has 1 aliphatic rings. The molecule has 2 rings (SSSR count). The molecule has 0 N–H and O–H groups in total. The van der Waals surface area contributed by atoms with Gasteiger partial charge in [0.15, 0.2) is 0 Å². The molecule has 108 valence electrons. The lowest BCUT2D eigenvalue weighted by molar-refractivity contribution is -0.147. The fourth-order valence-corrected chi connectivity index (χ4v) is 3.11. The van der Waals surface area contributed by atoms with Crippen molar-refractivity contribution >= 4 is 34.5 Å². The number of carbonyl (C=O) groups excluding carboxylic acids is 2. The van der Waals surface area contributed by atoms with Crippen LogP contribution in [0.2, 0.25) is 0 Å². The number of ether oxygens (including phenoxy) is 1. The largest absolute Gasteiger partial charge is 0.467 e. The Morgan fingerprint density at radius 3 is 2.80 bits per heavy atom. The van der Waals surface area contributed by atoms with Gasteiger partial charge in [-0.2, -0.15) is 0 Å². The second kappa shape index (κ2) is 6.56. The maximum Gasteiger partial charge on any atom is 0.328 e. The summed E-state index contributed by atoms with van der Waals surface area (Å²) in [5.74, 6) is -0.395. The molecule has 4 nitrogen and oxygen atoms in total. The first-order chi connectivity index (χ1) is 9.56. The number of hydrogen-bond acceptors (Lipinski definition) is 3. The molecule has 1 atom stereocenters. The summed E-state index contributed by atoms with van der Waals surface area (Å²) < 4.78 is 5.77. The molecule has 0 aromatic heterocycles. The molecule has 0 spiro atoms. The van der Waals surface area contributed by atoms with Gasteiger partial charge in [-0.25, -0.2) is 4.79 Å². The predicted molar refractivity (Wildman–Crippen MR) is 84.6 cm³/mol. The Labute approximate surface area is 132 Å². The van der Waals surface area contributed by atoms with Gasteiger partial charge in [0, 0.05) is 10.1 Å². The lowest BCUT2D eigenvalue weighted by atomic mass is 10.0. The van der Waals surface area contributed by atoms with Gasteiger partial charge in [0.1, 0.15) is 6.04 Å². The molecule has 0 bridgehead atoms. The minimum absolute atomic E-state index is 0.0757. The quantitative estimate of drug-likeness (QED) is 0.579. The smallest absolute Gasteiger partial charge is 0.328 e. The summed E-state index contributed by atoms with van der Waals surface area (Å²) >= 11 is 2.19. The molecule has 1 heterocycles. The van der Waals surface area contributed by atoms with Crippen LogP contribution in [0.3, 0.4) is 0 Å². The van der Waals surface area contributed by atoms with E-state index in [0.29, 0.717) is 18.5 Å². The molecule has 5 heteroatoms. The number of benzene rings is 1. The van der Waals surface area contributed by atoms with Crippen LogP contribution >= 0.6 is 22.6 Å². The monoisotopic (exact) mass is 387 g/mol. The van der Waals surface area contributed by atoms with Gasteiger partial charge >= 0.3 is 5.97 Å². The van der Waals surface area contributed by atoms with Crippen molar-refractivity contribution in [3.8, 4) is 0 Å². The van der Waals surface area contributed by atoms with Gasteiger partial charge in [0.25, 0.3) is 5.91 Å². The highest BCUT2D eigenvalue weighted by Gasteiger charge is 2.33. The zero-order valence-corrected chi connectivity index (χ0v) is 13.8. The van der Waals surface area contributed by atoms with Crippen LogP contribution in [-0.4, -0.2) is 36.5 Å². The van der Waals surface area contributed by atoms with E-state index >= 15 is 0 Å². The lowest BCUT2D eigenvalue weighted by Crippen LogP contribution is -2.48. The van der Waals surface area contributed by atoms with Crippen LogP contribution < -0.4 is 0 Å². The number of carbonyl (C=O) groups is 2. The van der Waals surface area contributed by atoms with E-state index in [0.717, 1.165) is 22.0 Å². The zero-order chi connectivity index (χ0) is 14.7. The van der Waals surface area contributed by atoms with Crippen LogP contribution in [-0.2, 0) is 9.53 Å². The third kappa shape index (κ3) is 2.97. The van der Waals surface area contributed by atoms with Crippen LogP contribution in [0, 0.1) is 10.5 Å². The van der Waals surface area contributed by atoms with E-state index in [4.69, 9.17) is 4.74 Å². The number of aryl methyl sites for hydroxylation is 1. The number of nitrogens with zero attached hydrogens (tertiary/aromatic N) is 1. The summed E-state index contributed by atoms with van der Waals surface area (Å²) in [5.41, 5.74) is 1.74. The minimum Gasteiger partial charge on any atom is -0.467 e. The number of esters is 1. The molecule has 1 saturated heterocycles. The second-order valence-electron chi connectivity index (χ2n) is 4.97. The Kier molecular flexibility index (Phi) is 5.01. The summed E-state index contributed by atoms with van der Waals surface area (Å²) in [4.78, 5) is 26.2. The molecule has 1 amide bonds. The van der Waals surface area contributed by atoms with Crippen molar-refractivity contribution in [1.82, 2.24) is 4.90 Å². The molecule has 0 unspecified atom stereocenters. The lowest BCUT2D eigenvalue weighted by Gasteiger charge is -2.34. The van der Waals surface area contributed by atoms with Gasteiger partial charge in [-0.15, -0.1) is 0 Å². The molecular formula is C15H18INO3. The van der Waals surface area contributed by atoms with E-state index < -0.39 is 6.04 Å². The van der Waals surface area contributed by atoms with Crippen molar-refractivity contribution in [2.45, 2.75) is 32.2 Å². The predicted octanol–water partition coefficient (Wildman–Crippen LogP) is 2.77. The number of piperidine rings is 1. The van der Waals surface area contributed by atoms with Crippen molar-refractivity contribution in [3.05, 3.63) is 32.9 Å². The number of methoxy groups -OCH3 is 1. The molecule has 20 heavy (non-hydrogen) atoms. The summed E-state index contributed by atoms with van der Waals surface area (Å²) in [6.45, 7) is 2.59. The summed E-state index contributed by atoms with van der Waals surface area (Å²) in [5, 5.41) is 0. The van der Waals surface area contributed by atoms with Crippen molar-refractivity contribution in [1.29, 1.82) is 0 Å². The van der Waals surface area contributed by atoms with Gasteiger partial charge in [-0.3, -0.25) is 4.79 Å². The Morgan fingerprint density at radius 2 is 2.10 bits per heavy atom. The van der Waals surface area contributed by atoms with Crippen molar-refractivity contribution < 1.29 is 14.3 Å². The maximum absolute atomic E-state index is 12.7. The molecular weight excluding hydrogens is 369 g/mol. The molecule has 1 aromatic carbocycles. The van der Waals surface area contributed by atoms with Gasteiger partial charge in [0.2, 0.25) is 0 Å². The van der Waals surface area contributed by atoms with Crippen LogP contribution in [0.15, 0.2) is 18.2 Å². The maximum atomic E-state index is 12.7.